The number of carboxylic acids is 1. The van der Waals surface area contributed by atoms with Crippen LogP contribution in [0.25, 0.3) is 11.3 Å². The summed E-state index contributed by atoms with van der Waals surface area (Å²) in [7, 11) is 0. The normalized spacial score (nSPS) is 11.8. The number of thiazole rings is 1. The maximum Gasteiger partial charge on any atom is 0.328 e. The zero-order valence-corrected chi connectivity index (χ0v) is 20.2. The Bertz CT molecular complexity index is 1210. The third-order valence-electron chi connectivity index (χ3n) is 4.12. The summed E-state index contributed by atoms with van der Waals surface area (Å²) >= 11 is 14.8. The van der Waals surface area contributed by atoms with E-state index in [0.29, 0.717) is 26.6 Å². The van der Waals surface area contributed by atoms with Crippen molar-refractivity contribution in [2.75, 3.05) is 10.6 Å². The van der Waals surface area contributed by atoms with Gasteiger partial charge in [0.1, 0.15) is 0 Å². The molecule has 0 radical (unpaired) electrons. The van der Waals surface area contributed by atoms with E-state index >= 15 is 0 Å². The van der Waals surface area contributed by atoms with Gasteiger partial charge in [-0.3, -0.25) is 9.59 Å². The molecule has 11 heteroatoms. The molecule has 0 saturated carbocycles. The fourth-order valence-corrected chi connectivity index (χ4v) is 4.65. The summed E-state index contributed by atoms with van der Waals surface area (Å²) < 4.78 is 0. The lowest BCUT2D eigenvalue weighted by Crippen LogP contribution is -2.22. The van der Waals surface area contributed by atoms with Crippen molar-refractivity contribution in [2.24, 2.45) is 0 Å². The van der Waals surface area contributed by atoms with E-state index < -0.39 is 17.1 Å². The molecule has 2 amide bonds. The highest BCUT2D eigenvalue weighted by Gasteiger charge is 2.17. The second kappa shape index (κ2) is 11.3. The molecule has 0 aliphatic carbocycles. The van der Waals surface area contributed by atoms with Gasteiger partial charge in [-0.25, -0.2) is 9.78 Å². The molecule has 0 spiro atoms. The van der Waals surface area contributed by atoms with E-state index in [2.05, 4.69) is 15.6 Å². The molecule has 1 aromatic heterocycles. The van der Waals surface area contributed by atoms with Crippen LogP contribution in [0, 0.1) is 0 Å². The van der Waals surface area contributed by atoms with Crippen LogP contribution in [-0.2, 0) is 14.4 Å². The fourth-order valence-electron chi connectivity index (χ4n) is 2.56. The maximum atomic E-state index is 12.6. The van der Waals surface area contributed by atoms with E-state index in [-0.39, 0.29) is 5.91 Å². The highest BCUT2D eigenvalue weighted by atomic mass is 35.5. The minimum Gasteiger partial charge on any atom is -0.478 e. The van der Waals surface area contributed by atoms with Gasteiger partial charge in [-0.15, -0.1) is 23.1 Å². The zero-order valence-electron chi connectivity index (χ0n) is 17.0. The van der Waals surface area contributed by atoms with Crippen LogP contribution >= 0.6 is 46.3 Å². The Kier molecular flexibility index (Phi) is 8.51. The molecule has 1 atom stereocenters. The van der Waals surface area contributed by atoms with Gasteiger partial charge in [0.05, 0.1) is 16.0 Å². The molecule has 3 N–H and O–H groups in total. The first-order valence-corrected chi connectivity index (χ1v) is 11.9. The predicted molar refractivity (Wildman–Crippen MR) is 133 cm³/mol. The van der Waals surface area contributed by atoms with E-state index in [4.69, 9.17) is 28.3 Å². The standard InChI is InChI=1S/C22H17Cl2N3O4S2/c1-12(33-15-5-3-14(4-6-15)25-19(28)8-9-20(29)30)21(31)27-22-26-18(11-32-22)16-7-2-13(23)10-17(16)24/h2-12H,1H3,(H,25,28)(H,29,30)(H,26,27,31)/b9-8+. The monoisotopic (exact) mass is 521 g/mol. The van der Waals surface area contributed by atoms with Gasteiger partial charge in [0.25, 0.3) is 0 Å². The smallest absolute Gasteiger partial charge is 0.328 e. The third kappa shape index (κ3) is 7.33. The van der Waals surface area contributed by atoms with Crippen molar-refractivity contribution in [1.29, 1.82) is 0 Å². The quantitative estimate of drug-likeness (QED) is 0.254. The molecule has 3 aromatic rings. The van der Waals surface area contributed by atoms with E-state index in [9.17, 15) is 14.4 Å². The van der Waals surface area contributed by atoms with Crippen molar-refractivity contribution in [3.8, 4) is 11.3 Å². The topological polar surface area (TPSA) is 108 Å². The number of anilines is 2. The van der Waals surface area contributed by atoms with Crippen molar-refractivity contribution in [3.63, 3.8) is 0 Å². The largest absolute Gasteiger partial charge is 0.478 e. The first-order valence-electron chi connectivity index (χ1n) is 9.42. The molecule has 0 aliphatic heterocycles. The third-order valence-corrected chi connectivity index (χ3v) is 6.54. The molecule has 0 bridgehead atoms. The number of carbonyl (C=O) groups excluding carboxylic acids is 2. The van der Waals surface area contributed by atoms with Crippen LogP contribution in [0.1, 0.15) is 6.92 Å². The van der Waals surface area contributed by atoms with Gasteiger partial charge in [0.15, 0.2) is 5.13 Å². The van der Waals surface area contributed by atoms with Gasteiger partial charge in [-0.05, 0) is 49.4 Å². The van der Waals surface area contributed by atoms with E-state index in [0.717, 1.165) is 22.6 Å². The van der Waals surface area contributed by atoms with Crippen molar-refractivity contribution in [2.45, 2.75) is 17.1 Å². The lowest BCUT2D eigenvalue weighted by atomic mass is 10.2. The summed E-state index contributed by atoms with van der Waals surface area (Å²) in [5.74, 6) is -1.96. The number of thioether (sulfide) groups is 1. The number of aliphatic carboxylic acids is 1. The first-order chi connectivity index (χ1) is 15.7. The molecule has 1 unspecified atom stereocenters. The number of rotatable bonds is 8. The minimum atomic E-state index is -1.20. The SMILES string of the molecule is CC(Sc1ccc(NC(=O)/C=C/C(=O)O)cc1)C(=O)Nc1nc(-c2ccc(Cl)cc2Cl)cs1. The van der Waals surface area contributed by atoms with Gasteiger partial charge in [-0.2, -0.15) is 0 Å². The van der Waals surface area contributed by atoms with Crippen LogP contribution in [0.15, 0.2) is 64.9 Å². The number of amides is 2. The number of aromatic nitrogens is 1. The highest BCUT2D eigenvalue weighted by molar-refractivity contribution is 8.00. The molecule has 1 heterocycles. The van der Waals surface area contributed by atoms with Crippen LogP contribution in [0.3, 0.4) is 0 Å². The molecular weight excluding hydrogens is 505 g/mol. The maximum absolute atomic E-state index is 12.6. The van der Waals surface area contributed by atoms with Crippen LogP contribution < -0.4 is 10.6 Å². The van der Waals surface area contributed by atoms with Crippen molar-refractivity contribution in [1.82, 2.24) is 4.98 Å². The Balaban J connectivity index is 1.56. The van der Waals surface area contributed by atoms with Crippen LogP contribution in [0.4, 0.5) is 10.8 Å². The first kappa shape index (κ1) is 24.8. The summed E-state index contributed by atoms with van der Waals surface area (Å²) in [6, 6.07) is 12.0. The Morgan fingerprint density at radius 2 is 1.82 bits per heavy atom. The number of carboxylic acid groups (broad SMARTS) is 1. The highest BCUT2D eigenvalue weighted by Crippen LogP contribution is 2.33. The molecule has 0 aliphatic rings. The second-order valence-corrected chi connectivity index (χ2v) is 9.71. The Morgan fingerprint density at radius 1 is 1.09 bits per heavy atom. The van der Waals surface area contributed by atoms with Gasteiger partial charge >= 0.3 is 5.97 Å². The van der Waals surface area contributed by atoms with Crippen molar-refractivity contribution >= 4 is 74.9 Å². The van der Waals surface area contributed by atoms with Gasteiger partial charge in [-0.1, -0.05) is 23.2 Å². The average Bonchev–Trinajstić information content (AvgIpc) is 3.21. The van der Waals surface area contributed by atoms with Crippen LogP contribution in [0.2, 0.25) is 10.0 Å². The van der Waals surface area contributed by atoms with Gasteiger partial charge in [0, 0.05) is 38.7 Å². The summed E-state index contributed by atoms with van der Waals surface area (Å²) in [4.78, 5) is 39.9. The van der Waals surface area contributed by atoms with E-state index in [1.54, 1.807) is 54.8 Å². The number of carbonyl (C=O) groups is 3. The van der Waals surface area contributed by atoms with Crippen molar-refractivity contribution in [3.05, 3.63) is 70.0 Å². The van der Waals surface area contributed by atoms with Gasteiger partial charge in [0.2, 0.25) is 11.8 Å². The van der Waals surface area contributed by atoms with Gasteiger partial charge < -0.3 is 15.7 Å². The Hall–Kier alpha value is -2.85. The van der Waals surface area contributed by atoms with E-state index in [1.165, 1.54) is 23.1 Å². The zero-order chi connectivity index (χ0) is 24.0. The van der Waals surface area contributed by atoms with Crippen LogP contribution in [-0.4, -0.2) is 33.1 Å². The molecule has 3 rings (SSSR count). The predicted octanol–water partition coefficient (Wildman–Crippen LogP) is 5.82. The van der Waals surface area contributed by atoms with Crippen LogP contribution in [0.5, 0.6) is 0 Å². The van der Waals surface area contributed by atoms with Crippen molar-refractivity contribution < 1.29 is 19.5 Å². The molecular formula is C22H17Cl2N3O4S2. The number of hydrogen-bond acceptors (Lipinski definition) is 6. The summed E-state index contributed by atoms with van der Waals surface area (Å²) in [6.07, 6.45) is 1.69. The molecule has 2 aromatic carbocycles. The molecule has 7 nitrogen and oxygen atoms in total. The average molecular weight is 522 g/mol. The minimum absolute atomic E-state index is 0.209. The Morgan fingerprint density at radius 3 is 2.48 bits per heavy atom. The molecule has 0 fully saturated rings. The lowest BCUT2D eigenvalue weighted by Gasteiger charge is -2.11. The Labute approximate surface area is 207 Å². The lowest BCUT2D eigenvalue weighted by molar-refractivity contribution is -0.131. The number of hydrogen-bond donors (Lipinski definition) is 3. The second-order valence-electron chi connectivity index (χ2n) is 6.60. The molecule has 170 valence electrons. The summed E-state index contributed by atoms with van der Waals surface area (Å²) in [6.45, 7) is 1.77. The summed E-state index contributed by atoms with van der Waals surface area (Å²) in [5, 5.41) is 16.8. The summed E-state index contributed by atoms with van der Waals surface area (Å²) in [5.41, 5.74) is 1.88. The number of nitrogens with one attached hydrogen (secondary N) is 2. The number of nitrogens with zero attached hydrogens (tertiary/aromatic N) is 1. The molecule has 33 heavy (non-hydrogen) atoms. The van der Waals surface area contributed by atoms with E-state index in [1.807, 2.05) is 0 Å². The number of benzene rings is 2. The fraction of sp³-hybridized carbons (Fsp3) is 0.0909. The molecule has 0 saturated heterocycles. The number of halogens is 2.